The number of anilines is 1. The molecule has 2 rings (SSSR count). The third kappa shape index (κ3) is 6.14. The summed E-state index contributed by atoms with van der Waals surface area (Å²) in [6.07, 6.45) is 1.99. The Labute approximate surface area is 161 Å². The number of piperazine rings is 1. The van der Waals surface area contributed by atoms with Gasteiger partial charge in [0.1, 0.15) is 0 Å². The van der Waals surface area contributed by atoms with Crippen molar-refractivity contribution < 1.29 is 8.42 Å². The van der Waals surface area contributed by atoms with E-state index in [1.165, 1.54) is 15.6 Å². The first-order valence-corrected chi connectivity index (χ1v) is 11.9. The molecule has 1 saturated heterocycles. The molecule has 7 nitrogen and oxygen atoms in total. The molecule has 1 N–H and O–H groups in total. The molecular weight excluding hydrogens is 370 g/mol. The molecule has 0 aromatic carbocycles. The van der Waals surface area contributed by atoms with Crippen LogP contribution in [0.3, 0.4) is 0 Å². The number of sulfonamides is 1. The van der Waals surface area contributed by atoms with Gasteiger partial charge < -0.3 is 15.1 Å². The molecule has 26 heavy (non-hydrogen) atoms. The minimum atomic E-state index is -3.12. The number of aliphatic imine (C=N–C) groups is 1. The Bertz CT molecular complexity index is 653. The largest absolute Gasteiger partial charge is 0.360 e. The van der Waals surface area contributed by atoms with Gasteiger partial charge in [-0.15, -0.1) is 11.3 Å². The van der Waals surface area contributed by atoms with Gasteiger partial charge in [0.15, 0.2) is 5.96 Å². The second kappa shape index (κ2) is 10.1. The van der Waals surface area contributed by atoms with Crippen LogP contribution in [-0.4, -0.2) is 82.2 Å². The molecule has 148 valence electrons. The molecule has 0 saturated carbocycles. The summed E-state index contributed by atoms with van der Waals surface area (Å²) in [6.45, 7) is 10.3. The highest BCUT2D eigenvalue weighted by Crippen LogP contribution is 2.22. The van der Waals surface area contributed by atoms with Crippen molar-refractivity contribution >= 4 is 32.3 Å². The van der Waals surface area contributed by atoms with E-state index in [0.29, 0.717) is 19.6 Å². The Hall–Kier alpha value is -1.32. The fourth-order valence-electron chi connectivity index (χ4n) is 3.00. The second-order valence-electron chi connectivity index (χ2n) is 6.27. The minimum absolute atomic E-state index is 0.507. The third-order valence-electron chi connectivity index (χ3n) is 4.38. The molecule has 0 unspecified atom stereocenters. The van der Waals surface area contributed by atoms with Crippen molar-refractivity contribution in [3.05, 3.63) is 17.5 Å². The highest BCUT2D eigenvalue weighted by molar-refractivity contribution is 7.88. The molecule has 1 aliphatic rings. The Balaban J connectivity index is 1.85. The van der Waals surface area contributed by atoms with Crippen molar-refractivity contribution in [1.29, 1.82) is 0 Å². The van der Waals surface area contributed by atoms with E-state index in [4.69, 9.17) is 4.99 Å². The predicted molar refractivity (Wildman–Crippen MR) is 111 cm³/mol. The van der Waals surface area contributed by atoms with Gasteiger partial charge in [-0.3, -0.25) is 4.99 Å². The van der Waals surface area contributed by atoms with Crippen molar-refractivity contribution in [2.75, 3.05) is 63.5 Å². The van der Waals surface area contributed by atoms with E-state index >= 15 is 0 Å². The summed E-state index contributed by atoms with van der Waals surface area (Å²) in [6, 6.07) is 4.26. The molecule has 0 aliphatic carbocycles. The molecule has 0 bridgehead atoms. The molecule has 1 fully saturated rings. The smallest absolute Gasteiger partial charge is 0.211 e. The van der Waals surface area contributed by atoms with Crippen LogP contribution in [-0.2, 0) is 10.0 Å². The summed E-state index contributed by atoms with van der Waals surface area (Å²) in [7, 11) is -3.12. The minimum Gasteiger partial charge on any atom is -0.360 e. The van der Waals surface area contributed by atoms with Gasteiger partial charge in [0.25, 0.3) is 0 Å². The van der Waals surface area contributed by atoms with E-state index in [0.717, 1.165) is 45.1 Å². The number of rotatable bonds is 8. The molecule has 2 heterocycles. The summed E-state index contributed by atoms with van der Waals surface area (Å²) >= 11 is 1.78. The Kier molecular flexibility index (Phi) is 8.17. The number of guanidine groups is 1. The molecular formula is C17H31N5O2S2. The highest BCUT2D eigenvalue weighted by atomic mass is 32.2. The average Bonchev–Trinajstić information content (AvgIpc) is 3.14. The first-order chi connectivity index (χ1) is 12.5. The molecule has 9 heteroatoms. The molecule has 0 spiro atoms. The lowest BCUT2D eigenvalue weighted by atomic mass is 10.3. The molecule has 0 atom stereocenters. The van der Waals surface area contributed by atoms with E-state index in [1.54, 1.807) is 11.3 Å². The lowest BCUT2D eigenvalue weighted by Crippen LogP contribution is -2.52. The maximum Gasteiger partial charge on any atom is 0.211 e. The fourth-order valence-corrected chi connectivity index (χ4v) is 4.72. The van der Waals surface area contributed by atoms with Crippen molar-refractivity contribution in [1.82, 2.24) is 14.5 Å². The maximum absolute atomic E-state index is 11.6. The van der Waals surface area contributed by atoms with Crippen LogP contribution in [0.15, 0.2) is 22.5 Å². The Morgan fingerprint density at radius 3 is 2.58 bits per heavy atom. The van der Waals surface area contributed by atoms with Crippen LogP contribution in [0.25, 0.3) is 0 Å². The van der Waals surface area contributed by atoms with Crippen LogP contribution in [0.5, 0.6) is 0 Å². The number of hydrogen-bond donors (Lipinski definition) is 1. The number of hydrogen-bond acceptors (Lipinski definition) is 5. The summed E-state index contributed by atoms with van der Waals surface area (Å²) in [5.74, 6) is 0.931. The van der Waals surface area contributed by atoms with Gasteiger partial charge >= 0.3 is 0 Å². The van der Waals surface area contributed by atoms with E-state index in [-0.39, 0.29) is 0 Å². The molecule has 1 aromatic rings. The van der Waals surface area contributed by atoms with E-state index in [2.05, 4.69) is 39.6 Å². The predicted octanol–water partition coefficient (Wildman–Crippen LogP) is 1.51. The fraction of sp³-hybridized carbons (Fsp3) is 0.706. The quantitative estimate of drug-likeness (QED) is 0.406. The van der Waals surface area contributed by atoms with Gasteiger partial charge in [0.05, 0.1) is 11.3 Å². The molecule has 1 aliphatic heterocycles. The number of thiophene rings is 1. The van der Waals surface area contributed by atoms with Gasteiger partial charge in [0.2, 0.25) is 10.0 Å². The second-order valence-corrected chi connectivity index (χ2v) is 9.18. The molecule has 0 radical (unpaired) electrons. The number of nitrogens with zero attached hydrogens (tertiary/aromatic N) is 4. The number of nitrogens with one attached hydrogen (secondary N) is 1. The van der Waals surface area contributed by atoms with Gasteiger partial charge in [0, 0.05) is 52.4 Å². The lowest BCUT2D eigenvalue weighted by Gasteiger charge is -2.37. The van der Waals surface area contributed by atoms with Gasteiger partial charge in [-0.25, -0.2) is 12.7 Å². The highest BCUT2D eigenvalue weighted by Gasteiger charge is 2.20. The molecule has 0 amide bonds. The first kappa shape index (κ1) is 21.0. The normalized spacial score (nSPS) is 16.4. The van der Waals surface area contributed by atoms with E-state index in [1.807, 2.05) is 6.92 Å². The van der Waals surface area contributed by atoms with E-state index < -0.39 is 10.0 Å². The van der Waals surface area contributed by atoms with Gasteiger partial charge in [-0.05, 0) is 30.9 Å². The van der Waals surface area contributed by atoms with Crippen LogP contribution >= 0.6 is 11.3 Å². The van der Waals surface area contributed by atoms with E-state index in [9.17, 15) is 8.42 Å². The van der Waals surface area contributed by atoms with Gasteiger partial charge in [-0.1, -0.05) is 6.92 Å². The average molecular weight is 402 g/mol. The summed E-state index contributed by atoms with van der Waals surface area (Å²) in [4.78, 5) is 9.41. The Morgan fingerprint density at radius 1 is 1.31 bits per heavy atom. The zero-order chi connectivity index (χ0) is 19.0. The monoisotopic (exact) mass is 401 g/mol. The van der Waals surface area contributed by atoms with Crippen LogP contribution in [0.4, 0.5) is 5.00 Å². The topological polar surface area (TPSA) is 68.2 Å². The first-order valence-electron chi connectivity index (χ1n) is 9.22. The van der Waals surface area contributed by atoms with Crippen molar-refractivity contribution in [3.63, 3.8) is 0 Å². The van der Waals surface area contributed by atoms with Crippen molar-refractivity contribution in [2.24, 2.45) is 4.99 Å². The van der Waals surface area contributed by atoms with Crippen LogP contribution < -0.4 is 10.2 Å². The zero-order valence-electron chi connectivity index (χ0n) is 16.0. The van der Waals surface area contributed by atoms with Crippen molar-refractivity contribution in [3.8, 4) is 0 Å². The van der Waals surface area contributed by atoms with Crippen LogP contribution in [0, 0.1) is 0 Å². The maximum atomic E-state index is 11.6. The lowest BCUT2D eigenvalue weighted by molar-refractivity contribution is 0.372. The zero-order valence-corrected chi connectivity index (χ0v) is 17.7. The standard InChI is InChI=1S/C17H31N5O2S2/c1-4-18-17(19-9-7-10-22(5-2)26(3,23)24)21-13-11-20(12-14-21)16-8-6-15-25-16/h6,8,15H,4-5,7,9-14H2,1-3H3,(H,18,19). The van der Waals surface area contributed by atoms with Crippen molar-refractivity contribution in [2.45, 2.75) is 20.3 Å². The summed E-state index contributed by atoms with van der Waals surface area (Å²) in [5.41, 5.74) is 0. The SMILES string of the molecule is CCNC(=NCCCN(CC)S(C)(=O)=O)N1CCN(c2cccs2)CC1. The van der Waals surface area contributed by atoms with Crippen LogP contribution in [0.2, 0.25) is 0 Å². The summed E-state index contributed by atoms with van der Waals surface area (Å²) in [5, 5.41) is 6.80. The summed E-state index contributed by atoms with van der Waals surface area (Å²) < 4.78 is 24.8. The van der Waals surface area contributed by atoms with Crippen LogP contribution in [0.1, 0.15) is 20.3 Å². The molecule has 1 aromatic heterocycles. The Morgan fingerprint density at radius 2 is 2.04 bits per heavy atom. The third-order valence-corrected chi connectivity index (χ3v) is 6.69. The van der Waals surface area contributed by atoms with Gasteiger partial charge in [-0.2, -0.15) is 0 Å².